The summed E-state index contributed by atoms with van der Waals surface area (Å²) in [6.07, 6.45) is 0. The summed E-state index contributed by atoms with van der Waals surface area (Å²) in [6, 6.07) is 17.2. The van der Waals surface area contributed by atoms with Crippen molar-refractivity contribution in [3.05, 3.63) is 76.9 Å². The van der Waals surface area contributed by atoms with Gasteiger partial charge in [-0.1, -0.05) is 54.6 Å². The molecule has 20 heavy (non-hydrogen) atoms. The van der Waals surface area contributed by atoms with Gasteiger partial charge in [0.15, 0.2) is 0 Å². The van der Waals surface area contributed by atoms with Crippen LogP contribution in [0.5, 0.6) is 0 Å². The first kappa shape index (κ1) is 12.6. The van der Waals surface area contributed by atoms with Crippen molar-refractivity contribution in [1.29, 1.82) is 0 Å². The van der Waals surface area contributed by atoms with E-state index in [4.69, 9.17) is 10.5 Å². The van der Waals surface area contributed by atoms with Crippen LogP contribution in [0.3, 0.4) is 0 Å². The van der Waals surface area contributed by atoms with Gasteiger partial charge in [-0.05, 0) is 16.7 Å². The Morgan fingerprint density at radius 2 is 1.70 bits per heavy atom. The van der Waals surface area contributed by atoms with E-state index in [0.29, 0.717) is 5.57 Å². The second-order valence-electron chi connectivity index (χ2n) is 4.71. The molecule has 0 radical (unpaired) electrons. The summed E-state index contributed by atoms with van der Waals surface area (Å²) < 4.78 is 4.91. The number of carbonyl (C=O) groups is 1. The lowest BCUT2D eigenvalue weighted by Gasteiger charge is -2.10. The van der Waals surface area contributed by atoms with Crippen molar-refractivity contribution in [2.24, 2.45) is 5.73 Å². The zero-order valence-electron chi connectivity index (χ0n) is 11.2. The van der Waals surface area contributed by atoms with Crippen LogP contribution in [-0.4, -0.2) is 13.1 Å². The molecule has 2 aromatic carbocycles. The SMILES string of the molecule is COC(=O)C1=C(c2ccccc2)c2ccccc2C1N. The van der Waals surface area contributed by atoms with Crippen LogP contribution < -0.4 is 5.73 Å². The Balaban J connectivity index is 2.27. The standard InChI is InChI=1S/C17H15NO2/c1-20-17(19)15-14(11-7-3-2-4-8-11)12-9-5-6-10-13(12)16(15)18/h2-10,16H,18H2,1H3. The predicted molar refractivity (Wildman–Crippen MR) is 77.9 cm³/mol. The highest BCUT2D eigenvalue weighted by atomic mass is 16.5. The topological polar surface area (TPSA) is 52.3 Å². The quantitative estimate of drug-likeness (QED) is 0.849. The highest BCUT2D eigenvalue weighted by molar-refractivity contribution is 6.06. The predicted octanol–water partition coefficient (Wildman–Crippen LogP) is 2.67. The Morgan fingerprint density at radius 3 is 2.40 bits per heavy atom. The van der Waals surface area contributed by atoms with Crippen molar-refractivity contribution in [3.63, 3.8) is 0 Å². The van der Waals surface area contributed by atoms with Crippen LogP contribution in [0.25, 0.3) is 5.57 Å². The Morgan fingerprint density at radius 1 is 1.05 bits per heavy atom. The molecule has 1 aliphatic carbocycles. The summed E-state index contributed by atoms with van der Waals surface area (Å²) >= 11 is 0. The molecule has 0 aromatic heterocycles. The first-order valence-electron chi connectivity index (χ1n) is 6.47. The van der Waals surface area contributed by atoms with Crippen LogP contribution in [0.1, 0.15) is 22.7 Å². The van der Waals surface area contributed by atoms with Crippen molar-refractivity contribution in [3.8, 4) is 0 Å². The number of methoxy groups -OCH3 is 1. The molecular weight excluding hydrogens is 250 g/mol. The van der Waals surface area contributed by atoms with Crippen LogP contribution in [0.15, 0.2) is 60.2 Å². The van der Waals surface area contributed by atoms with Gasteiger partial charge < -0.3 is 10.5 Å². The third kappa shape index (κ3) is 1.84. The molecule has 2 aromatic rings. The number of ether oxygens (including phenoxy) is 1. The number of carbonyl (C=O) groups excluding carboxylic acids is 1. The lowest BCUT2D eigenvalue weighted by Crippen LogP contribution is -2.18. The summed E-state index contributed by atoms with van der Waals surface area (Å²) in [5.74, 6) is -0.368. The summed E-state index contributed by atoms with van der Waals surface area (Å²) in [4.78, 5) is 12.1. The molecule has 0 saturated carbocycles. The molecule has 2 N–H and O–H groups in total. The Labute approximate surface area is 117 Å². The largest absolute Gasteiger partial charge is 0.466 e. The molecule has 0 amide bonds. The number of hydrogen-bond donors (Lipinski definition) is 1. The van der Waals surface area contributed by atoms with Gasteiger partial charge in [0.1, 0.15) is 0 Å². The van der Waals surface area contributed by atoms with E-state index in [1.165, 1.54) is 7.11 Å². The average Bonchev–Trinajstić information content (AvgIpc) is 2.81. The van der Waals surface area contributed by atoms with E-state index in [1.54, 1.807) is 0 Å². The van der Waals surface area contributed by atoms with Gasteiger partial charge in [0.2, 0.25) is 0 Å². The maximum atomic E-state index is 12.1. The first-order chi connectivity index (χ1) is 9.74. The number of hydrogen-bond acceptors (Lipinski definition) is 3. The molecule has 3 heteroatoms. The molecule has 0 saturated heterocycles. The van der Waals surface area contributed by atoms with E-state index in [-0.39, 0.29) is 5.97 Å². The Kier molecular flexibility index (Phi) is 3.12. The minimum atomic E-state index is -0.436. The average molecular weight is 265 g/mol. The third-order valence-electron chi connectivity index (χ3n) is 3.61. The molecule has 0 spiro atoms. The monoisotopic (exact) mass is 265 g/mol. The van der Waals surface area contributed by atoms with E-state index >= 15 is 0 Å². The summed E-state index contributed by atoms with van der Waals surface area (Å²) in [7, 11) is 1.38. The van der Waals surface area contributed by atoms with E-state index in [9.17, 15) is 4.79 Å². The molecule has 3 rings (SSSR count). The molecule has 100 valence electrons. The number of nitrogens with two attached hydrogens (primary N) is 1. The van der Waals surface area contributed by atoms with Gasteiger partial charge in [0.05, 0.1) is 18.7 Å². The highest BCUT2D eigenvalue weighted by Crippen LogP contribution is 2.42. The fourth-order valence-electron chi connectivity index (χ4n) is 2.71. The van der Waals surface area contributed by atoms with Gasteiger partial charge in [-0.25, -0.2) is 4.79 Å². The smallest absolute Gasteiger partial charge is 0.336 e. The second kappa shape index (κ2) is 4.94. The van der Waals surface area contributed by atoms with E-state index in [2.05, 4.69) is 0 Å². The Hall–Kier alpha value is -2.39. The van der Waals surface area contributed by atoms with Gasteiger partial charge in [0, 0.05) is 5.57 Å². The Bertz CT molecular complexity index is 689. The molecule has 0 fully saturated rings. The summed E-state index contributed by atoms with van der Waals surface area (Å²) in [5, 5.41) is 0. The molecule has 1 unspecified atom stereocenters. The fraction of sp³-hybridized carbons (Fsp3) is 0.118. The van der Waals surface area contributed by atoms with Crippen molar-refractivity contribution < 1.29 is 9.53 Å². The van der Waals surface area contributed by atoms with Crippen molar-refractivity contribution in [2.45, 2.75) is 6.04 Å². The number of esters is 1. The minimum absolute atomic E-state index is 0.368. The zero-order valence-corrected chi connectivity index (χ0v) is 11.2. The van der Waals surface area contributed by atoms with Crippen molar-refractivity contribution in [1.82, 2.24) is 0 Å². The maximum Gasteiger partial charge on any atom is 0.336 e. The van der Waals surface area contributed by atoms with Gasteiger partial charge in [-0.2, -0.15) is 0 Å². The molecule has 3 nitrogen and oxygen atoms in total. The van der Waals surface area contributed by atoms with Gasteiger partial charge in [-0.3, -0.25) is 0 Å². The normalized spacial score (nSPS) is 17.0. The van der Waals surface area contributed by atoms with E-state index in [0.717, 1.165) is 22.3 Å². The molecule has 1 aliphatic rings. The lowest BCUT2D eigenvalue weighted by molar-refractivity contribution is -0.136. The first-order valence-corrected chi connectivity index (χ1v) is 6.47. The highest BCUT2D eigenvalue weighted by Gasteiger charge is 2.33. The van der Waals surface area contributed by atoms with Gasteiger partial charge >= 0.3 is 5.97 Å². The third-order valence-corrected chi connectivity index (χ3v) is 3.61. The number of fused-ring (bicyclic) bond motifs is 1. The van der Waals surface area contributed by atoms with Gasteiger partial charge in [0.25, 0.3) is 0 Å². The van der Waals surface area contributed by atoms with Gasteiger partial charge in [-0.15, -0.1) is 0 Å². The number of benzene rings is 2. The molecule has 1 atom stereocenters. The lowest BCUT2D eigenvalue weighted by atomic mass is 9.97. The van der Waals surface area contributed by atoms with Crippen molar-refractivity contribution in [2.75, 3.05) is 7.11 Å². The van der Waals surface area contributed by atoms with Crippen LogP contribution in [0.4, 0.5) is 0 Å². The van der Waals surface area contributed by atoms with Crippen LogP contribution in [-0.2, 0) is 9.53 Å². The molecule has 0 heterocycles. The molecule has 0 aliphatic heterocycles. The fourth-order valence-corrected chi connectivity index (χ4v) is 2.71. The number of rotatable bonds is 2. The minimum Gasteiger partial charge on any atom is -0.466 e. The van der Waals surface area contributed by atoms with Crippen LogP contribution >= 0.6 is 0 Å². The zero-order chi connectivity index (χ0) is 14.1. The molecular formula is C17H15NO2. The van der Waals surface area contributed by atoms with Crippen molar-refractivity contribution >= 4 is 11.5 Å². The second-order valence-corrected chi connectivity index (χ2v) is 4.71. The van der Waals surface area contributed by atoms with E-state index in [1.807, 2.05) is 54.6 Å². The van der Waals surface area contributed by atoms with E-state index < -0.39 is 6.04 Å². The summed E-state index contributed by atoms with van der Waals surface area (Å²) in [5.41, 5.74) is 10.6. The maximum absolute atomic E-state index is 12.1. The summed E-state index contributed by atoms with van der Waals surface area (Å²) in [6.45, 7) is 0. The van der Waals surface area contributed by atoms with Crippen LogP contribution in [0.2, 0.25) is 0 Å². The van der Waals surface area contributed by atoms with Crippen LogP contribution in [0, 0.1) is 0 Å². The molecule has 0 bridgehead atoms.